The standard InChI is InChI=1S/C11H14BrNO/c12-11-4-2-1-3-8(11)7-14-10-5-9(13)6-10/h1-4,9-10H,5-7,13H2. The molecule has 2 N–H and O–H groups in total. The highest BCUT2D eigenvalue weighted by Gasteiger charge is 2.26. The Labute approximate surface area is 92.6 Å². The first kappa shape index (κ1) is 10.1. The lowest BCUT2D eigenvalue weighted by atomic mass is 9.90. The lowest BCUT2D eigenvalue weighted by Gasteiger charge is -2.32. The van der Waals surface area contributed by atoms with E-state index in [2.05, 4.69) is 22.0 Å². The van der Waals surface area contributed by atoms with Gasteiger partial charge in [0.05, 0.1) is 12.7 Å². The summed E-state index contributed by atoms with van der Waals surface area (Å²) >= 11 is 3.49. The minimum Gasteiger partial charge on any atom is -0.373 e. The van der Waals surface area contributed by atoms with Gasteiger partial charge in [-0.2, -0.15) is 0 Å². The summed E-state index contributed by atoms with van der Waals surface area (Å²) in [5, 5.41) is 0. The monoisotopic (exact) mass is 255 g/mol. The van der Waals surface area contributed by atoms with E-state index in [9.17, 15) is 0 Å². The maximum Gasteiger partial charge on any atom is 0.0731 e. The quantitative estimate of drug-likeness (QED) is 0.901. The zero-order chi connectivity index (χ0) is 9.97. The zero-order valence-electron chi connectivity index (χ0n) is 7.95. The smallest absolute Gasteiger partial charge is 0.0731 e. The molecule has 0 saturated heterocycles. The van der Waals surface area contributed by atoms with Gasteiger partial charge in [0.1, 0.15) is 0 Å². The first-order chi connectivity index (χ1) is 6.75. The van der Waals surface area contributed by atoms with Gasteiger partial charge in [0.25, 0.3) is 0 Å². The van der Waals surface area contributed by atoms with E-state index in [1.54, 1.807) is 0 Å². The van der Waals surface area contributed by atoms with E-state index >= 15 is 0 Å². The zero-order valence-corrected chi connectivity index (χ0v) is 9.53. The van der Waals surface area contributed by atoms with Crippen molar-refractivity contribution in [2.45, 2.75) is 31.6 Å². The first-order valence-corrected chi connectivity index (χ1v) is 5.65. The minimum atomic E-state index is 0.360. The molecule has 2 rings (SSSR count). The van der Waals surface area contributed by atoms with Crippen molar-refractivity contribution in [2.75, 3.05) is 0 Å². The molecular weight excluding hydrogens is 242 g/mol. The fraction of sp³-hybridized carbons (Fsp3) is 0.455. The van der Waals surface area contributed by atoms with Gasteiger partial charge in [-0.1, -0.05) is 34.1 Å². The molecule has 0 atom stereocenters. The largest absolute Gasteiger partial charge is 0.373 e. The second-order valence-electron chi connectivity index (χ2n) is 3.76. The van der Waals surface area contributed by atoms with Crippen LogP contribution in [0.3, 0.4) is 0 Å². The summed E-state index contributed by atoms with van der Waals surface area (Å²) < 4.78 is 6.82. The number of ether oxygens (including phenoxy) is 1. The summed E-state index contributed by atoms with van der Waals surface area (Å²) in [5.41, 5.74) is 6.88. The number of halogens is 1. The fourth-order valence-corrected chi connectivity index (χ4v) is 1.96. The molecule has 3 heteroatoms. The summed E-state index contributed by atoms with van der Waals surface area (Å²) in [6.07, 6.45) is 2.38. The van der Waals surface area contributed by atoms with Crippen LogP contribution in [0, 0.1) is 0 Å². The Kier molecular flexibility index (Phi) is 3.21. The highest BCUT2D eigenvalue weighted by atomic mass is 79.9. The fourth-order valence-electron chi connectivity index (χ4n) is 1.57. The second kappa shape index (κ2) is 4.43. The predicted molar refractivity (Wildman–Crippen MR) is 59.9 cm³/mol. The van der Waals surface area contributed by atoms with E-state index in [0.29, 0.717) is 18.8 Å². The van der Waals surface area contributed by atoms with Gasteiger partial charge in [0.15, 0.2) is 0 Å². The molecule has 0 aliphatic heterocycles. The number of rotatable bonds is 3. The highest BCUT2D eigenvalue weighted by molar-refractivity contribution is 9.10. The Bertz CT molecular complexity index is 310. The molecule has 1 aliphatic carbocycles. The molecule has 0 unspecified atom stereocenters. The van der Waals surface area contributed by atoms with Crippen LogP contribution in [0.5, 0.6) is 0 Å². The van der Waals surface area contributed by atoms with E-state index in [4.69, 9.17) is 10.5 Å². The topological polar surface area (TPSA) is 35.2 Å². The van der Waals surface area contributed by atoms with E-state index in [1.165, 1.54) is 5.56 Å². The van der Waals surface area contributed by atoms with Crippen LogP contribution in [-0.2, 0) is 11.3 Å². The van der Waals surface area contributed by atoms with Crippen LogP contribution in [-0.4, -0.2) is 12.1 Å². The highest BCUT2D eigenvalue weighted by Crippen LogP contribution is 2.24. The molecule has 1 aromatic rings. The van der Waals surface area contributed by atoms with Gasteiger partial charge in [-0.3, -0.25) is 0 Å². The van der Waals surface area contributed by atoms with Gasteiger partial charge >= 0.3 is 0 Å². The van der Waals surface area contributed by atoms with Crippen molar-refractivity contribution >= 4 is 15.9 Å². The molecule has 1 fully saturated rings. The predicted octanol–water partition coefficient (Wildman–Crippen LogP) is 2.46. The van der Waals surface area contributed by atoms with Crippen LogP contribution in [0.15, 0.2) is 28.7 Å². The van der Waals surface area contributed by atoms with Gasteiger partial charge in [0, 0.05) is 10.5 Å². The Morgan fingerprint density at radius 1 is 1.36 bits per heavy atom. The second-order valence-corrected chi connectivity index (χ2v) is 4.61. The average Bonchev–Trinajstić information content (AvgIpc) is 2.13. The lowest BCUT2D eigenvalue weighted by Crippen LogP contribution is -2.41. The minimum absolute atomic E-state index is 0.360. The third-order valence-electron chi connectivity index (χ3n) is 2.56. The summed E-state index contributed by atoms with van der Waals surface area (Å²) in [6, 6.07) is 8.50. The van der Waals surface area contributed by atoms with Gasteiger partial charge in [-0.15, -0.1) is 0 Å². The van der Waals surface area contributed by atoms with Crippen LogP contribution in [0.1, 0.15) is 18.4 Å². The van der Waals surface area contributed by atoms with Gasteiger partial charge in [-0.05, 0) is 24.5 Å². The third kappa shape index (κ3) is 2.35. The Morgan fingerprint density at radius 3 is 2.71 bits per heavy atom. The molecule has 1 aliphatic rings. The van der Waals surface area contributed by atoms with Crippen LogP contribution in [0.25, 0.3) is 0 Å². The van der Waals surface area contributed by atoms with Crippen molar-refractivity contribution in [3.05, 3.63) is 34.3 Å². The molecular formula is C11H14BrNO. The van der Waals surface area contributed by atoms with Crippen LogP contribution in [0.4, 0.5) is 0 Å². The summed E-state index contributed by atoms with van der Waals surface area (Å²) in [6.45, 7) is 0.679. The molecule has 2 nitrogen and oxygen atoms in total. The van der Waals surface area contributed by atoms with Crippen molar-refractivity contribution in [2.24, 2.45) is 5.73 Å². The average molecular weight is 256 g/mol. The number of hydrogen-bond donors (Lipinski definition) is 1. The summed E-state index contributed by atoms with van der Waals surface area (Å²) in [4.78, 5) is 0. The molecule has 76 valence electrons. The summed E-state index contributed by atoms with van der Waals surface area (Å²) in [5.74, 6) is 0. The van der Waals surface area contributed by atoms with Crippen molar-refractivity contribution in [3.8, 4) is 0 Å². The number of nitrogens with two attached hydrogens (primary N) is 1. The molecule has 0 aromatic heterocycles. The van der Waals surface area contributed by atoms with Crippen molar-refractivity contribution in [3.63, 3.8) is 0 Å². The van der Waals surface area contributed by atoms with Crippen LogP contribution < -0.4 is 5.73 Å². The molecule has 0 amide bonds. The lowest BCUT2D eigenvalue weighted by molar-refractivity contribution is -0.0190. The molecule has 0 spiro atoms. The van der Waals surface area contributed by atoms with Crippen LogP contribution >= 0.6 is 15.9 Å². The Balaban J connectivity index is 1.83. The van der Waals surface area contributed by atoms with E-state index in [0.717, 1.165) is 17.3 Å². The Morgan fingerprint density at radius 2 is 2.07 bits per heavy atom. The number of benzene rings is 1. The molecule has 0 bridgehead atoms. The molecule has 0 radical (unpaired) electrons. The van der Waals surface area contributed by atoms with Crippen molar-refractivity contribution < 1.29 is 4.74 Å². The SMILES string of the molecule is NC1CC(OCc2ccccc2Br)C1. The van der Waals surface area contributed by atoms with Crippen molar-refractivity contribution in [1.29, 1.82) is 0 Å². The molecule has 1 saturated carbocycles. The molecule has 0 heterocycles. The number of hydrogen-bond acceptors (Lipinski definition) is 2. The molecule has 1 aromatic carbocycles. The van der Waals surface area contributed by atoms with E-state index < -0.39 is 0 Å². The normalized spacial score (nSPS) is 25.9. The maximum atomic E-state index is 5.71. The third-order valence-corrected chi connectivity index (χ3v) is 3.34. The van der Waals surface area contributed by atoms with Crippen LogP contribution in [0.2, 0.25) is 0 Å². The molecule has 14 heavy (non-hydrogen) atoms. The maximum absolute atomic E-state index is 5.71. The van der Waals surface area contributed by atoms with E-state index in [1.807, 2.05) is 18.2 Å². The first-order valence-electron chi connectivity index (χ1n) is 4.86. The van der Waals surface area contributed by atoms with Gasteiger partial charge in [0.2, 0.25) is 0 Å². The van der Waals surface area contributed by atoms with Gasteiger partial charge < -0.3 is 10.5 Å². The summed E-state index contributed by atoms with van der Waals surface area (Å²) in [7, 11) is 0. The van der Waals surface area contributed by atoms with E-state index in [-0.39, 0.29) is 0 Å². The Hall–Kier alpha value is -0.380. The van der Waals surface area contributed by atoms with Gasteiger partial charge in [-0.25, -0.2) is 0 Å². The van der Waals surface area contributed by atoms with Crippen molar-refractivity contribution in [1.82, 2.24) is 0 Å².